The molecule has 3 atom stereocenters. The zero-order chi connectivity index (χ0) is 27.2. The number of aromatic nitrogens is 1. The van der Waals surface area contributed by atoms with Gasteiger partial charge >= 0.3 is 0 Å². The zero-order valence-electron chi connectivity index (χ0n) is 22.2. The molecule has 37 heavy (non-hydrogen) atoms. The van der Waals surface area contributed by atoms with Crippen LogP contribution in [0, 0.1) is 23.7 Å². The maximum Gasteiger partial charge on any atom is 0.247 e. The molecule has 0 saturated carbocycles. The van der Waals surface area contributed by atoms with E-state index in [0.29, 0.717) is 11.5 Å². The second kappa shape index (κ2) is 12.5. The van der Waals surface area contributed by atoms with Gasteiger partial charge < -0.3 is 14.7 Å². The van der Waals surface area contributed by atoms with Crippen molar-refractivity contribution in [3.05, 3.63) is 53.9 Å². The third-order valence-corrected chi connectivity index (χ3v) is 8.39. The molecule has 1 aliphatic heterocycles. The SMILES string of the molecule is CC(C)CC#Cc1ccc2c(c1)O[C@H](CN(C)C(=O)Cc1cccnc1)[C@@H](C)CN([C@H](C)CO)S2(=O)=O. The summed E-state index contributed by atoms with van der Waals surface area (Å²) in [5, 5.41) is 9.81. The van der Waals surface area contributed by atoms with E-state index in [0.717, 1.165) is 12.0 Å². The third-order valence-electron chi connectivity index (χ3n) is 6.37. The Morgan fingerprint density at radius 1 is 1.30 bits per heavy atom. The van der Waals surface area contributed by atoms with Crippen LogP contribution in [-0.4, -0.2) is 72.5 Å². The van der Waals surface area contributed by atoms with Crippen LogP contribution < -0.4 is 4.74 Å². The predicted octanol–water partition coefficient (Wildman–Crippen LogP) is 2.95. The molecule has 0 fully saturated rings. The lowest BCUT2D eigenvalue weighted by molar-refractivity contribution is -0.130. The Balaban J connectivity index is 1.95. The average molecular weight is 528 g/mol. The summed E-state index contributed by atoms with van der Waals surface area (Å²) in [5.41, 5.74) is 1.47. The molecule has 3 rings (SSSR count). The average Bonchev–Trinajstić information content (AvgIpc) is 2.86. The van der Waals surface area contributed by atoms with Gasteiger partial charge in [-0.05, 0) is 42.7 Å². The van der Waals surface area contributed by atoms with E-state index in [1.54, 1.807) is 49.5 Å². The van der Waals surface area contributed by atoms with Crippen molar-refractivity contribution in [2.24, 2.45) is 11.8 Å². The number of aliphatic hydroxyl groups is 1. The normalized spacial score (nSPS) is 20.0. The van der Waals surface area contributed by atoms with Crippen molar-refractivity contribution in [1.82, 2.24) is 14.2 Å². The number of likely N-dealkylation sites (N-methyl/N-ethyl adjacent to an activating group) is 1. The van der Waals surface area contributed by atoms with Gasteiger partial charge in [0.25, 0.3) is 0 Å². The number of benzene rings is 1. The standard InChI is InChI=1S/C28H37N3O5S/c1-20(2)8-6-9-23-11-12-27-25(14-23)36-26(21(3)17-31(22(4)19-32)37(27,34)35)18-30(5)28(33)15-24-10-7-13-29-16-24/h7,10-14,16,20-22,26,32H,8,15,17-19H2,1-5H3/t21-,22+,26+/m0/s1. The van der Waals surface area contributed by atoms with Gasteiger partial charge in [0.1, 0.15) is 16.7 Å². The lowest BCUT2D eigenvalue weighted by Gasteiger charge is -2.37. The molecule has 0 radical (unpaired) electrons. The molecule has 1 amide bonds. The maximum absolute atomic E-state index is 13.6. The minimum absolute atomic E-state index is 0.0310. The van der Waals surface area contributed by atoms with E-state index < -0.39 is 22.2 Å². The first-order chi connectivity index (χ1) is 17.5. The molecule has 0 bridgehead atoms. The first-order valence-electron chi connectivity index (χ1n) is 12.6. The van der Waals surface area contributed by atoms with E-state index in [-0.39, 0.29) is 48.6 Å². The molecule has 8 nitrogen and oxygen atoms in total. The van der Waals surface area contributed by atoms with E-state index in [1.165, 1.54) is 10.4 Å². The van der Waals surface area contributed by atoms with Crippen LogP contribution in [0.15, 0.2) is 47.6 Å². The number of sulfonamides is 1. The van der Waals surface area contributed by atoms with Crippen LogP contribution in [0.2, 0.25) is 0 Å². The Bertz CT molecular complexity index is 1240. The maximum atomic E-state index is 13.6. The minimum Gasteiger partial charge on any atom is -0.487 e. The Hall–Kier alpha value is -2.93. The molecule has 1 aliphatic rings. The molecule has 0 saturated heterocycles. The molecule has 200 valence electrons. The van der Waals surface area contributed by atoms with Crippen molar-refractivity contribution in [3.8, 4) is 17.6 Å². The van der Waals surface area contributed by atoms with Crippen LogP contribution in [0.1, 0.15) is 45.2 Å². The summed E-state index contributed by atoms with van der Waals surface area (Å²) < 4.78 is 34.9. The fraction of sp³-hybridized carbons (Fsp3) is 0.500. The van der Waals surface area contributed by atoms with Crippen molar-refractivity contribution >= 4 is 15.9 Å². The Morgan fingerprint density at radius 3 is 2.70 bits per heavy atom. The Morgan fingerprint density at radius 2 is 2.05 bits per heavy atom. The Kier molecular flexibility index (Phi) is 9.71. The lowest BCUT2D eigenvalue weighted by Crippen LogP contribution is -2.50. The van der Waals surface area contributed by atoms with Gasteiger partial charge in [-0.15, -0.1) is 0 Å². The van der Waals surface area contributed by atoms with Crippen LogP contribution >= 0.6 is 0 Å². The highest BCUT2D eigenvalue weighted by Gasteiger charge is 2.38. The summed E-state index contributed by atoms with van der Waals surface area (Å²) in [6, 6.07) is 7.88. The van der Waals surface area contributed by atoms with Gasteiger partial charge in [0.15, 0.2) is 0 Å². The predicted molar refractivity (Wildman–Crippen MR) is 142 cm³/mol. The molecule has 1 N–H and O–H groups in total. The van der Waals surface area contributed by atoms with Gasteiger partial charge in [0, 0.05) is 49.9 Å². The number of rotatable bonds is 7. The number of pyridine rings is 1. The molecule has 9 heteroatoms. The van der Waals surface area contributed by atoms with Gasteiger partial charge in [0.05, 0.1) is 19.6 Å². The summed E-state index contributed by atoms with van der Waals surface area (Å²) in [4.78, 5) is 18.6. The molecule has 0 unspecified atom stereocenters. The molecular formula is C28H37N3O5S. The molecule has 2 aromatic rings. The Labute approximate surface area is 220 Å². The summed E-state index contributed by atoms with van der Waals surface area (Å²) in [7, 11) is -2.22. The van der Waals surface area contributed by atoms with Crippen molar-refractivity contribution in [1.29, 1.82) is 0 Å². The molecule has 2 heterocycles. The highest BCUT2D eigenvalue weighted by atomic mass is 32.2. The smallest absolute Gasteiger partial charge is 0.247 e. The number of hydrogen-bond donors (Lipinski definition) is 1. The van der Waals surface area contributed by atoms with Gasteiger partial charge in [0.2, 0.25) is 15.9 Å². The molecule has 1 aromatic carbocycles. The van der Waals surface area contributed by atoms with Gasteiger partial charge in [-0.2, -0.15) is 4.31 Å². The third kappa shape index (κ3) is 7.31. The first kappa shape index (κ1) is 28.6. The molecule has 0 spiro atoms. The van der Waals surface area contributed by atoms with Crippen molar-refractivity contribution < 1.29 is 23.1 Å². The van der Waals surface area contributed by atoms with Crippen molar-refractivity contribution in [2.45, 2.75) is 57.6 Å². The molecular weight excluding hydrogens is 490 g/mol. The fourth-order valence-corrected chi connectivity index (χ4v) is 5.89. The number of nitrogens with zero attached hydrogens (tertiary/aromatic N) is 3. The number of fused-ring (bicyclic) bond motifs is 1. The molecule has 0 aliphatic carbocycles. The highest BCUT2D eigenvalue weighted by molar-refractivity contribution is 7.89. The lowest BCUT2D eigenvalue weighted by atomic mass is 10.0. The molecule has 1 aromatic heterocycles. The minimum atomic E-state index is -3.93. The zero-order valence-corrected chi connectivity index (χ0v) is 23.0. The topological polar surface area (TPSA) is 100 Å². The second-order valence-corrected chi connectivity index (χ2v) is 12.0. The van der Waals surface area contributed by atoms with E-state index in [2.05, 4.69) is 30.7 Å². The largest absolute Gasteiger partial charge is 0.487 e. The van der Waals surface area contributed by atoms with E-state index in [4.69, 9.17) is 4.74 Å². The summed E-state index contributed by atoms with van der Waals surface area (Å²) in [6.45, 7) is 7.85. The number of amides is 1. The van der Waals surface area contributed by atoms with Crippen molar-refractivity contribution in [2.75, 3.05) is 26.7 Å². The van der Waals surface area contributed by atoms with Gasteiger partial charge in [-0.1, -0.05) is 38.7 Å². The number of aliphatic hydroxyl groups excluding tert-OH is 1. The van der Waals surface area contributed by atoms with Crippen LogP contribution in [0.5, 0.6) is 5.75 Å². The van der Waals surface area contributed by atoms with E-state index in [9.17, 15) is 18.3 Å². The number of carbonyl (C=O) groups is 1. The van der Waals surface area contributed by atoms with Crippen LogP contribution in [0.4, 0.5) is 0 Å². The summed E-state index contributed by atoms with van der Waals surface area (Å²) in [5.74, 6) is 6.50. The van der Waals surface area contributed by atoms with E-state index >= 15 is 0 Å². The number of carbonyl (C=O) groups excluding carboxylic acids is 1. The fourth-order valence-electron chi connectivity index (χ4n) is 4.06. The first-order valence-corrected chi connectivity index (χ1v) is 14.0. The van der Waals surface area contributed by atoms with Crippen molar-refractivity contribution in [3.63, 3.8) is 0 Å². The van der Waals surface area contributed by atoms with Crippen LogP contribution in [0.25, 0.3) is 0 Å². The quantitative estimate of drug-likeness (QED) is 0.556. The van der Waals surface area contributed by atoms with Crippen LogP contribution in [0.3, 0.4) is 0 Å². The van der Waals surface area contributed by atoms with Gasteiger partial charge in [-0.25, -0.2) is 8.42 Å². The summed E-state index contributed by atoms with van der Waals surface area (Å²) in [6.07, 6.45) is 3.77. The highest BCUT2D eigenvalue weighted by Crippen LogP contribution is 2.34. The number of hydrogen-bond acceptors (Lipinski definition) is 6. The van der Waals surface area contributed by atoms with Crippen LogP contribution in [-0.2, 0) is 21.2 Å². The second-order valence-electron chi connectivity index (χ2n) is 10.1. The van der Waals surface area contributed by atoms with Gasteiger partial charge in [-0.3, -0.25) is 9.78 Å². The van der Waals surface area contributed by atoms with E-state index in [1.807, 2.05) is 13.0 Å². The summed E-state index contributed by atoms with van der Waals surface area (Å²) >= 11 is 0. The number of ether oxygens (including phenoxy) is 1. The monoisotopic (exact) mass is 527 g/mol.